The van der Waals surface area contributed by atoms with Crippen molar-refractivity contribution in [2.24, 2.45) is 5.92 Å². The molecule has 2 atom stereocenters. The molecule has 2 unspecified atom stereocenters. The smallest absolute Gasteiger partial charge is 0.323 e. The number of carbonyl (C=O) groups is 3. The summed E-state index contributed by atoms with van der Waals surface area (Å²) in [5, 5.41) is 9.02. The molecule has 1 aliphatic heterocycles. The van der Waals surface area contributed by atoms with E-state index in [1.807, 2.05) is 0 Å². The molecule has 7 heteroatoms. The van der Waals surface area contributed by atoms with Crippen LogP contribution < -0.4 is 0 Å². The van der Waals surface area contributed by atoms with Crippen LogP contribution in [-0.4, -0.2) is 58.4 Å². The normalized spacial score (nSPS) is 18.5. The number of likely N-dealkylation sites (tertiary alicyclic amines) is 1. The van der Waals surface area contributed by atoms with Gasteiger partial charge in [-0.3, -0.25) is 14.4 Å². The third-order valence-electron chi connectivity index (χ3n) is 5.07. The lowest BCUT2D eigenvalue weighted by Crippen LogP contribution is -2.43. The van der Waals surface area contributed by atoms with Crippen LogP contribution in [0.5, 0.6) is 0 Å². The molecule has 1 N–H and O–H groups in total. The minimum atomic E-state index is -1.04. The van der Waals surface area contributed by atoms with E-state index in [-0.39, 0.29) is 36.1 Å². The Hall–Kier alpha value is -2.44. The molecule has 148 valence electrons. The average Bonchev–Trinajstić information content (AvgIpc) is 2.86. The summed E-state index contributed by atoms with van der Waals surface area (Å²) in [4.78, 5) is 38.7. The van der Waals surface area contributed by atoms with Gasteiger partial charge in [0.2, 0.25) is 11.8 Å². The molecule has 27 heavy (non-hydrogen) atoms. The molecule has 0 radical (unpaired) electrons. The van der Waals surface area contributed by atoms with Crippen molar-refractivity contribution in [3.63, 3.8) is 0 Å². The van der Waals surface area contributed by atoms with Crippen LogP contribution in [0.3, 0.4) is 0 Å². The summed E-state index contributed by atoms with van der Waals surface area (Å²) in [5.41, 5.74) is 0.523. The Labute approximate surface area is 158 Å². The van der Waals surface area contributed by atoms with Crippen molar-refractivity contribution < 1.29 is 23.9 Å². The second-order valence-electron chi connectivity index (χ2n) is 7.15. The molecule has 0 spiro atoms. The number of benzene rings is 1. The summed E-state index contributed by atoms with van der Waals surface area (Å²) in [6.07, 6.45) is 2.25. The second kappa shape index (κ2) is 9.48. The molecule has 1 aromatic rings. The number of hydrogen-bond acceptors (Lipinski definition) is 3. The first-order valence-corrected chi connectivity index (χ1v) is 9.30. The topological polar surface area (TPSA) is 77.9 Å². The van der Waals surface area contributed by atoms with Crippen LogP contribution in [0, 0.1) is 11.7 Å². The summed E-state index contributed by atoms with van der Waals surface area (Å²) >= 11 is 0. The number of carboxylic acids is 1. The summed E-state index contributed by atoms with van der Waals surface area (Å²) in [5.74, 6) is -2.00. The molecule has 6 nitrogen and oxygen atoms in total. The van der Waals surface area contributed by atoms with E-state index in [1.54, 1.807) is 30.0 Å². The molecule has 1 fully saturated rings. The fraction of sp³-hybridized carbons (Fsp3) is 0.550. The maximum absolute atomic E-state index is 13.8. The summed E-state index contributed by atoms with van der Waals surface area (Å²) in [6.45, 7) is 3.87. The third-order valence-corrected chi connectivity index (χ3v) is 5.07. The van der Waals surface area contributed by atoms with E-state index in [0.29, 0.717) is 44.3 Å². The Bertz CT molecular complexity index is 694. The van der Waals surface area contributed by atoms with Gasteiger partial charge in [0.15, 0.2) is 0 Å². The van der Waals surface area contributed by atoms with Crippen molar-refractivity contribution in [1.29, 1.82) is 0 Å². The first-order chi connectivity index (χ1) is 12.8. The van der Waals surface area contributed by atoms with Gasteiger partial charge >= 0.3 is 5.97 Å². The predicted octanol–water partition coefficient (Wildman–Crippen LogP) is 2.32. The highest BCUT2D eigenvalue weighted by Crippen LogP contribution is 2.20. The molecule has 0 bridgehead atoms. The van der Waals surface area contributed by atoms with E-state index in [4.69, 9.17) is 5.11 Å². The van der Waals surface area contributed by atoms with Crippen LogP contribution in [0.15, 0.2) is 24.3 Å². The lowest BCUT2D eigenvalue weighted by atomic mass is 9.99. The largest absolute Gasteiger partial charge is 0.480 e. The SMILES string of the molecule is CC(=O)N(CC(=O)O)C1CCCN(C(=O)C(C)Cc2ccccc2F)CC1. The van der Waals surface area contributed by atoms with Crippen molar-refractivity contribution in [3.8, 4) is 0 Å². The van der Waals surface area contributed by atoms with Gasteiger partial charge in [-0.25, -0.2) is 4.39 Å². The standard InChI is InChI=1S/C20H27FN2O4/c1-14(12-16-6-3-4-8-18(16)21)20(27)22-10-5-7-17(9-11-22)23(15(2)24)13-19(25)26/h3-4,6,8,14,17H,5,7,9-13H2,1-2H3,(H,25,26). The number of halogens is 1. The average molecular weight is 378 g/mol. The van der Waals surface area contributed by atoms with Crippen molar-refractivity contribution in [3.05, 3.63) is 35.6 Å². The Morgan fingerprint density at radius 2 is 1.96 bits per heavy atom. The molecule has 1 aromatic carbocycles. The fourth-order valence-corrected chi connectivity index (χ4v) is 3.65. The Balaban J connectivity index is 1.98. The van der Waals surface area contributed by atoms with Gasteiger partial charge in [0, 0.05) is 32.0 Å². The first kappa shape index (κ1) is 20.9. The van der Waals surface area contributed by atoms with Gasteiger partial charge < -0.3 is 14.9 Å². The molecule has 1 aliphatic rings. The molecular weight excluding hydrogens is 351 g/mol. The minimum Gasteiger partial charge on any atom is -0.480 e. The van der Waals surface area contributed by atoms with Gasteiger partial charge in [0.05, 0.1) is 0 Å². The lowest BCUT2D eigenvalue weighted by molar-refractivity contribution is -0.145. The molecule has 0 aliphatic carbocycles. The van der Waals surface area contributed by atoms with Crippen molar-refractivity contribution >= 4 is 17.8 Å². The fourth-order valence-electron chi connectivity index (χ4n) is 3.65. The van der Waals surface area contributed by atoms with E-state index in [1.165, 1.54) is 17.9 Å². The van der Waals surface area contributed by atoms with Crippen LogP contribution in [0.2, 0.25) is 0 Å². The van der Waals surface area contributed by atoms with Crippen LogP contribution in [0.4, 0.5) is 4.39 Å². The number of hydrogen-bond donors (Lipinski definition) is 1. The van der Waals surface area contributed by atoms with Crippen LogP contribution >= 0.6 is 0 Å². The van der Waals surface area contributed by atoms with Crippen molar-refractivity contribution in [1.82, 2.24) is 9.80 Å². The molecular formula is C20H27FN2O4. The summed E-state index contributed by atoms with van der Waals surface area (Å²) < 4.78 is 13.8. The van der Waals surface area contributed by atoms with E-state index in [0.717, 1.165) is 0 Å². The number of amides is 2. The quantitative estimate of drug-likeness (QED) is 0.824. The predicted molar refractivity (Wildman–Crippen MR) is 98.5 cm³/mol. The van der Waals surface area contributed by atoms with Crippen LogP contribution in [-0.2, 0) is 20.8 Å². The van der Waals surface area contributed by atoms with Gasteiger partial charge in [-0.05, 0) is 37.3 Å². The Kier molecular flexibility index (Phi) is 7.33. The van der Waals surface area contributed by atoms with Gasteiger partial charge in [-0.2, -0.15) is 0 Å². The zero-order valence-corrected chi connectivity index (χ0v) is 15.9. The minimum absolute atomic E-state index is 0.0356. The molecule has 2 rings (SSSR count). The number of nitrogens with zero attached hydrogens (tertiary/aromatic N) is 2. The highest BCUT2D eigenvalue weighted by Gasteiger charge is 2.29. The molecule has 1 saturated heterocycles. The van der Waals surface area contributed by atoms with Gasteiger partial charge in [-0.1, -0.05) is 25.1 Å². The maximum Gasteiger partial charge on any atom is 0.323 e. The number of carbonyl (C=O) groups excluding carboxylic acids is 2. The number of rotatable bonds is 6. The molecule has 2 amide bonds. The van der Waals surface area contributed by atoms with E-state index >= 15 is 0 Å². The van der Waals surface area contributed by atoms with Gasteiger partial charge in [-0.15, -0.1) is 0 Å². The highest BCUT2D eigenvalue weighted by molar-refractivity contribution is 5.80. The van der Waals surface area contributed by atoms with Gasteiger partial charge in [0.1, 0.15) is 12.4 Å². The Morgan fingerprint density at radius 1 is 1.26 bits per heavy atom. The second-order valence-corrected chi connectivity index (χ2v) is 7.15. The Morgan fingerprint density at radius 3 is 2.59 bits per heavy atom. The molecule has 0 aromatic heterocycles. The van der Waals surface area contributed by atoms with E-state index < -0.39 is 5.97 Å². The highest BCUT2D eigenvalue weighted by atomic mass is 19.1. The summed E-state index contributed by atoms with van der Waals surface area (Å²) in [6, 6.07) is 6.28. The van der Waals surface area contributed by atoms with Crippen molar-refractivity contribution in [2.75, 3.05) is 19.6 Å². The van der Waals surface area contributed by atoms with E-state index in [9.17, 15) is 18.8 Å². The zero-order chi connectivity index (χ0) is 20.0. The number of aliphatic carboxylic acids is 1. The van der Waals surface area contributed by atoms with Crippen molar-refractivity contribution in [2.45, 2.75) is 45.6 Å². The van der Waals surface area contributed by atoms with Gasteiger partial charge in [0.25, 0.3) is 0 Å². The van der Waals surface area contributed by atoms with Crippen LogP contribution in [0.1, 0.15) is 38.7 Å². The summed E-state index contributed by atoms with van der Waals surface area (Å²) in [7, 11) is 0. The maximum atomic E-state index is 13.8. The monoisotopic (exact) mass is 378 g/mol. The van der Waals surface area contributed by atoms with Crippen LogP contribution in [0.25, 0.3) is 0 Å². The van der Waals surface area contributed by atoms with E-state index in [2.05, 4.69) is 0 Å². The molecule has 1 heterocycles. The number of carboxylic acid groups (broad SMARTS) is 1. The zero-order valence-electron chi connectivity index (χ0n) is 15.9. The third kappa shape index (κ3) is 5.77. The molecule has 0 saturated carbocycles. The first-order valence-electron chi connectivity index (χ1n) is 9.30. The lowest BCUT2D eigenvalue weighted by Gasteiger charge is -2.29.